The molecule has 1 aromatic heterocycles. The predicted octanol–water partition coefficient (Wildman–Crippen LogP) is 3.67. The molecule has 0 aliphatic carbocycles. The van der Waals surface area contributed by atoms with Gasteiger partial charge >= 0.3 is 5.69 Å². The van der Waals surface area contributed by atoms with Gasteiger partial charge in [0.15, 0.2) is 0 Å². The van der Waals surface area contributed by atoms with Crippen LogP contribution in [0.4, 0.5) is 17.2 Å². The van der Waals surface area contributed by atoms with Crippen LogP contribution in [0.3, 0.4) is 0 Å². The van der Waals surface area contributed by atoms with E-state index in [9.17, 15) is 19.1 Å². The van der Waals surface area contributed by atoms with E-state index in [1.165, 1.54) is 6.33 Å². The van der Waals surface area contributed by atoms with Crippen LogP contribution in [0.1, 0.15) is 40.0 Å². The molecule has 0 bridgehead atoms. The van der Waals surface area contributed by atoms with Gasteiger partial charge in [0.2, 0.25) is 11.7 Å². The summed E-state index contributed by atoms with van der Waals surface area (Å²) >= 11 is 0. The Kier molecular flexibility index (Phi) is 7.62. The molecule has 178 valence electrons. The second-order valence-corrected chi connectivity index (χ2v) is 10.6. The average Bonchev–Trinajstić information content (AvgIpc) is 2.73. The van der Waals surface area contributed by atoms with Gasteiger partial charge in [-0.25, -0.2) is 4.98 Å². The highest BCUT2D eigenvalue weighted by Gasteiger charge is 2.30. The number of likely N-dealkylation sites (tertiary alicyclic amines) is 1. The molecule has 1 aliphatic heterocycles. The second kappa shape index (κ2) is 10.2. The molecule has 1 unspecified atom stereocenters. The Balaban J connectivity index is 1.70. The van der Waals surface area contributed by atoms with E-state index in [2.05, 4.69) is 15.3 Å². The van der Waals surface area contributed by atoms with Crippen molar-refractivity contribution in [1.82, 2.24) is 14.9 Å². The zero-order valence-corrected chi connectivity index (χ0v) is 20.1. The zero-order chi connectivity index (χ0) is 24.2. The third-order valence-electron chi connectivity index (χ3n) is 5.17. The Morgan fingerprint density at radius 3 is 2.42 bits per heavy atom. The van der Waals surface area contributed by atoms with Crippen molar-refractivity contribution < 1.29 is 18.7 Å². The fourth-order valence-corrected chi connectivity index (χ4v) is 4.04. The minimum Gasteiger partial charge on any atom is -0.469 e. The number of nitrogens with one attached hydrogen (secondary N) is 1. The van der Waals surface area contributed by atoms with Gasteiger partial charge in [-0.05, 0) is 29.7 Å². The first-order chi connectivity index (χ1) is 15.5. The van der Waals surface area contributed by atoms with Crippen molar-refractivity contribution >= 4 is 33.9 Å². The van der Waals surface area contributed by atoms with Gasteiger partial charge < -0.3 is 15.0 Å². The number of rotatable bonds is 7. The lowest BCUT2D eigenvalue weighted by molar-refractivity contribution is -0.385. The molecule has 33 heavy (non-hydrogen) atoms. The molecule has 10 nitrogen and oxygen atoms in total. The molecule has 1 aliphatic rings. The van der Waals surface area contributed by atoms with E-state index >= 15 is 0 Å². The summed E-state index contributed by atoms with van der Waals surface area (Å²) < 4.78 is 17.4. The zero-order valence-electron chi connectivity index (χ0n) is 19.2. The quantitative estimate of drug-likeness (QED) is 0.475. The topological polar surface area (TPSA) is 128 Å². The highest BCUT2D eigenvalue weighted by Crippen LogP contribution is 2.34. The summed E-state index contributed by atoms with van der Waals surface area (Å²) in [5.41, 5.74) is 0.123. The lowest BCUT2D eigenvalue weighted by Crippen LogP contribution is -2.42. The Morgan fingerprint density at radius 2 is 1.88 bits per heavy atom. The number of amides is 1. The summed E-state index contributed by atoms with van der Waals surface area (Å²) in [4.78, 5) is 34.2. The van der Waals surface area contributed by atoms with Crippen LogP contribution < -0.4 is 10.1 Å². The fourth-order valence-electron chi connectivity index (χ4n) is 3.52. The van der Waals surface area contributed by atoms with Crippen LogP contribution in [0.25, 0.3) is 0 Å². The van der Waals surface area contributed by atoms with E-state index in [4.69, 9.17) is 4.74 Å². The Hall–Kier alpha value is -3.08. The van der Waals surface area contributed by atoms with Gasteiger partial charge in [-0.15, -0.1) is 0 Å². The number of nitro groups is 1. The van der Waals surface area contributed by atoms with Gasteiger partial charge in [0.25, 0.3) is 5.88 Å². The van der Waals surface area contributed by atoms with Crippen LogP contribution in [0.2, 0.25) is 0 Å². The minimum atomic E-state index is -1.12. The number of hydrogen-bond acceptors (Lipinski definition) is 8. The first kappa shape index (κ1) is 24.6. The third kappa shape index (κ3) is 6.70. The number of aromatic nitrogens is 2. The Morgan fingerprint density at radius 1 is 1.24 bits per heavy atom. The summed E-state index contributed by atoms with van der Waals surface area (Å²) in [6, 6.07) is 6.70. The van der Waals surface area contributed by atoms with Crippen LogP contribution in [0, 0.1) is 15.5 Å². The van der Waals surface area contributed by atoms with E-state index in [0.29, 0.717) is 42.9 Å². The number of nitrogens with zero attached hydrogens (tertiary/aromatic N) is 4. The average molecular weight is 476 g/mol. The van der Waals surface area contributed by atoms with E-state index in [-0.39, 0.29) is 34.8 Å². The van der Waals surface area contributed by atoms with Crippen molar-refractivity contribution in [3.63, 3.8) is 0 Å². The van der Waals surface area contributed by atoms with Crippen molar-refractivity contribution in [2.75, 3.05) is 24.7 Å². The first-order valence-corrected chi connectivity index (χ1v) is 12.2. The number of piperidine rings is 1. The van der Waals surface area contributed by atoms with Gasteiger partial charge in [-0.3, -0.25) is 19.1 Å². The normalized spacial score (nSPS) is 15.7. The van der Waals surface area contributed by atoms with Crippen LogP contribution in [0.5, 0.6) is 5.88 Å². The van der Waals surface area contributed by atoms with Crippen molar-refractivity contribution in [2.24, 2.45) is 5.41 Å². The summed E-state index contributed by atoms with van der Waals surface area (Å²) in [7, 11) is -1.12. The molecule has 2 heterocycles. The van der Waals surface area contributed by atoms with Crippen LogP contribution in [-0.4, -0.2) is 55.4 Å². The molecule has 0 saturated carbocycles. The number of hydrogen-bond donors (Lipinski definition) is 1. The van der Waals surface area contributed by atoms with E-state index in [1.807, 2.05) is 25.7 Å². The van der Waals surface area contributed by atoms with Gasteiger partial charge in [0.05, 0.1) is 4.92 Å². The van der Waals surface area contributed by atoms with E-state index < -0.39 is 15.7 Å². The highest BCUT2D eigenvalue weighted by atomic mass is 32.2. The molecule has 1 atom stereocenters. The SMILES string of the molecule is CS(=O)c1ccc(Nc2ncnc(OC3CCN(C(=O)CC(C)(C)C)CC3)c2[N+](=O)[O-])cc1. The number of carbonyl (C=O) groups excluding carboxylic acids is 1. The fraction of sp³-hybridized carbons (Fsp3) is 0.500. The lowest BCUT2D eigenvalue weighted by atomic mass is 9.91. The number of ether oxygens (including phenoxy) is 1. The van der Waals surface area contributed by atoms with Crippen LogP contribution in [-0.2, 0) is 15.6 Å². The van der Waals surface area contributed by atoms with Crippen molar-refractivity contribution in [2.45, 2.75) is 51.0 Å². The number of carbonyl (C=O) groups is 1. The molecular weight excluding hydrogens is 446 g/mol. The molecule has 3 rings (SSSR count). The standard InChI is InChI=1S/C22H29N5O5S/c1-22(2,3)13-18(28)26-11-9-16(10-12-26)32-21-19(27(29)30)20(23-14-24-21)25-15-5-7-17(8-6-15)33(4)31/h5-8,14,16H,9-13H2,1-4H3,(H,23,24,25). The molecule has 0 radical (unpaired) electrons. The molecule has 1 saturated heterocycles. The van der Waals surface area contributed by atoms with E-state index in [0.717, 1.165) is 0 Å². The summed E-state index contributed by atoms with van der Waals surface area (Å²) in [6.45, 7) is 7.16. The molecule has 1 fully saturated rings. The number of benzene rings is 1. The maximum atomic E-state index is 12.4. The second-order valence-electron chi connectivity index (χ2n) is 9.17. The van der Waals surface area contributed by atoms with Crippen LogP contribution >= 0.6 is 0 Å². The molecule has 1 aromatic carbocycles. The molecule has 1 N–H and O–H groups in total. The van der Waals surface area contributed by atoms with Crippen molar-refractivity contribution in [3.8, 4) is 5.88 Å². The van der Waals surface area contributed by atoms with Gasteiger partial charge in [0.1, 0.15) is 12.4 Å². The van der Waals surface area contributed by atoms with E-state index in [1.54, 1.807) is 30.5 Å². The molecule has 2 aromatic rings. The van der Waals surface area contributed by atoms with Crippen molar-refractivity contribution in [3.05, 3.63) is 40.7 Å². The molecular formula is C22H29N5O5S. The van der Waals surface area contributed by atoms with Gasteiger partial charge in [-0.1, -0.05) is 20.8 Å². The Labute approximate surface area is 195 Å². The largest absolute Gasteiger partial charge is 0.469 e. The molecule has 11 heteroatoms. The first-order valence-electron chi connectivity index (χ1n) is 10.7. The lowest BCUT2D eigenvalue weighted by Gasteiger charge is -2.33. The minimum absolute atomic E-state index is 0.00756. The van der Waals surface area contributed by atoms with Gasteiger partial charge in [-0.2, -0.15) is 4.98 Å². The number of anilines is 2. The summed E-state index contributed by atoms with van der Waals surface area (Å²) in [6.07, 6.45) is 4.10. The smallest absolute Gasteiger partial charge is 0.373 e. The molecule has 1 amide bonds. The maximum absolute atomic E-state index is 12.4. The highest BCUT2D eigenvalue weighted by molar-refractivity contribution is 7.84. The van der Waals surface area contributed by atoms with Crippen LogP contribution in [0.15, 0.2) is 35.5 Å². The van der Waals surface area contributed by atoms with Gasteiger partial charge in [0, 0.05) is 60.0 Å². The Bertz CT molecular complexity index is 1030. The predicted molar refractivity (Wildman–Crippen MR) is 125 cm³/mol. The maximum Gasteiger partial charge on any atom is 0.373 e. The third-order valence-corrected chi connectivity index (χ3v) is 6.11. The summed E-state index contributed by atoms with van der Waals surface area (Å²) in [5, 5.41) is 14.7. The summed E-state index contributed by atoms with van der Waals surface area (Å²) in [5.74, 6) is 0.00906. The van der Waals surface area contributed by atoms with Crippen molar-refractivity contribution in [1.29, 1.82) is 0 Å². The monoisotopic (exact) mass is 475 g/mol. The molecule has 0 spiro atoms.